The number of rotatable bonds is 4. The number of amides is 1. The van der Waals surface area contributed by atoms with Gasteiger partial charge in [0.1, 0.15) is 0 Å². The van der Waals surface area contributed by atoms with Gasteiger partial charge in [-0.25, -0.2) is 0 Å². The molecule has 0 aliphatic heterocycles. The van der Waals surface area contributed by atoms with Crippen molar-refractivity contribution in [3.8, 4) is 0 Å². The molecule has 0 atom stereocenters. The molecule has 1 N–H and O–H groups in total. The maximum atomic E-state index is 11.8. The van der Waals surface area contributed by atoms with Gasteiger partial charge in [0.05, 0.1) is 6.54 Å². The predicted octanol–water partition coefficient (Wildman–Crippen LogP) is 2.56. The molecule has 0 bridgehead atoms. The Bertz CT molecular complexity index is 220. The molecule has 0 aromatic carbocycles. The molecule has 1 fully saturated rings. The highest BCUT2D eigenvalue weighted by Gasteiger charge is 2.15. The van der Waals surface area contributed by atoms with Crippen LogP contribution in [0.4, 0.5) is 0 Å². The molecule has 3 heteroatoms. The molecule has 17 heavy (non-hydrogen) atoms. The van der Waals surface area contributed by atoms with Crippen LogP contribution in [-0.4, -0.2) is 36.5 Å². The van der Waals surface area contributed by atoms with E-state index in [1.54, 1.807) is 0 Å². The Morgan fingerprint density at radius 2 is 1.71 bits per heavy atom. The molecule has 0 radical (unpaired) electrons. The number of carbonyl (C=O) groups excluding carboxylic acids is 1. The van der Waals surface area contributed by atoms with E-state index in [0.29, 0.717) is 18.6 Å². The van der Waals surface area contributed by atoms with Gasteiger partial charge in [-0.2, -0.15) is 0 Å². The summed E-state index contributed by atoms with van der Waals surface area (Å²) in [5, 5.41) is 3.43. The van der Waals surface area contributed by atoms with Crippen molar-refractivity contribution in [2.24, 2.45) is 0 Å². The Hall–Kier alpha value is -0.570. The molecule has 0 spiro atoms. The van der Waals surface area contributed by atoms with Crippen molar-refractivity contribution in [2.45, 2.75) is 70.9 Å². The Morgan fingerprint density at radius 3 is 2.24 bits per heavy atom. The number of nitrogens with one attached hydrogen (secondary N) is 1. The lowest BCUT2D eigenvalue weighted by molar-refractivity contribution is -0.130. The van der Waals surface area contributed by atoms with Crippen LogP contribution in [0, 0.1) is 0 Å². The number of carbonyl (C=O) groups is 1. The summed E-state index contributed by atoms with van der Waals surface area (Å²) >= 11 is 0. The van der Waals surface area contributed by atoms with Crippen LogP contribution in [0.25, 0.3) is 0 Å². The summed E-state index contributed by atoms with van der Waals surface area (Å²) in [4.78, 5) is 13.7. The van der Waals surface area contributed by atoms with Crippen LogP contribution in [0.2, 0.25) is 0 Å². The molecule has 0 unspecified atom stereocenters. The molecule has 0 aromatic heterocycles. The molecule has 1 saturated carbocycles. The number of hydrogen-bond donors (Lipinski definition) is 1. The van der Waals surface area contributed by atoms with Crippen LogP contribution < -0.4 is 5.32 Å². The van der Waals surface area contributed by atoms with Crippen LogP contribution >= 0.6 is 0 Å². The molecule has 0 saturated heterocycles. The van der Waals surface area contributed by atoms with Gasteiger partial charge in [-0.05, 0) is 26.7 Å². The summed E-state index contributed by atoms with van der Waals surface area (Å²) in [6.45, 7) is 4.60. The first-order valence-electron chi connectivity index (χ1n) is 7.10. The van der Waals surface area contributed by atoms with Crippen molar-refractivity contribution in [1.29, 1.82) is 0 Å². The fraction of sp³-hybridized carbons (Fsp3) is 0.929. The quantitative estimate of drug-likeness (QED) is 0.819. The summed E-state index contributed by atoms with van der Waals surface area (Å²) in [6.07, 6.45) is 9.20. The van der Waals surface area contributed by atoms with Crippen molar-refractivity contribution in [3.05, 3.63) is 0 Å². The second-order valence-corrected chi connectivity index (χ2v) is 5.52. The molecule has 1 amide bonds. The van der Waals surface area contributed by atoms with Crippen LogP contribution in [0.15, 0.2) is 0 Å². The maximum absolute atomic E-state index is 11.8. The zero-order chi connectivity index (χ0) is 12.7. The van der Waals surface area contributed by atoms with Crippen LogP contribution in [0.5, 0.6) is 0 Å². The highest BCUT2D eigenvalue weighted by Crippen LogP contribution is 2.16. The van der Waals surface area contributed by atoms with Gasteiger partial charge in [0.2, 0.25) is 5.91 Å². The van der Waals surface area contributed by atoms with E-state index in [-0.39, 0.29) is 5.91 Å². The molecule has 3 nitrogen and oxygen atoms in total. The summed E-state index contributed by atoms with van der Waals surface area (Å²) in [5.74, 6) is 0.210. The number of nitrogens with zero attached hydrogens (tertiary/aromatic N) is 1. The standard InChI is InChI=1S/C14H28N2O/c1-12(2)16(3)14(17)11-15-13-9-7-5-4-6-8-10-13/h12-13,15H,4-11H2,1-3H3. The van der Waals surface area contributed by atoms with Crippen LogP contribution in [0.1, 0.15) is 58.8 Å². The van der Waals surface area contributed by atoms with Gasteiger partial charge in [0.25, 0.3) is 0 Å². The Morgan fingerprint density at radius 1 is 1.18 bits per heavy atom. The van der Waals surface area contributed by atoms with E-state index >= 15 is 0 Å². The van der Waals surface area contributed by atoms with Gasteiger partial charge in [-0.1, -0.05) is 32.1 Å². The predicted molar refractivity (Wildman–Crippen MR) is 72.0 cm³/mol. The lowest BCUT2D eigenvalue weighted by Gasteiger charge is -2.25. The zero-order valence-corrected chi connectivity index (χ0v) is 11.7. The second-order valence-electron chi connectivity index (χ2n) is 5.52. The molecule has 100 valence electrons. The fourth-order valence-corrected chi connectivity index (χ4v) is 2.30. The first-order chi connectivity index (χ1) is 8.11. The second kappa shape index (κ2) is 7.70. The topological polar surface area (TPSA) is 32.3 Å². The lowest BCUT2D eigenvalue weighted by Crippen LogP contribution is -2.42. The van der Waals surface area contributed by atoms with Crippen molar-refractivity contribution in [1.82, 2.24) is 10.2 Å². The third kappa shape index (κ3) is 5.53. The minimum absolute atomic E-state index is 0.210. The largest absolute Gasteiger partial charge is 0.342 e. The Labute approximate surface area is 106 Å². The monoisotopic (exact) mass is 240 g/mol. The molecule has 1 aliphatic carbocycles. The molecular formula is C14H28N2O. The van der Waals surface area contributed by atoms with Crippen molar-refractivity contribution in [3.63, 3.8) is 0 Å². The van der Waals surface area contributed by atoms with Crippen molar-refractivity contribution in [2.75, 3.05) is 13.6 Å². The zero-order valence-electron chi connectivity index (χ0n) is 11.7. The minimum Gasteiger partial charge on any atom is -0.342 e. The summed E-state index contributed by atoms with van der Waals surface area (Å²) in [6, 6.07) is 0.849. The fourth-order valence-electron chi connectivity index (χ4n) is 2.30. The first kappa shape index (κ1) is 14.5. The van der Waals surface area contributed by atoms with E-state index in [9.17, 15) is 4.79 Å². The van der Waals surface area contributed by atoms with Gasteiger partial charge in [0, 0.05) is 19.1 Å². The van der Waals surface area contributed by atoms with Gasteiger partial charge in [-0.3, -0.25) is 4.79 Å². The minimum atomic E-state index is 0.210. The normalized spacial score (nSPS) is 18.8. The van der Waals surface area contributed by atoms with E-state index < -0.39 is 0 Å². The van der Waals surface area contributed by atoms with Crippen LogP contribution in [-0.2, 0) is 4.79 Å². The van der Waals surface area contributed by atoms with Gasteiger partial charge >= 0.3 is 0 Å². The summed E-state index contributed by atoms with van der Waals surface area (Å²) in [7, 11) is 1.88. The summed E-state index contributed by atoms with van der Waals surface area (Å²) < 4.78 is 0. The van der Waals surface area contributed by atoms with Crippen molar-refractivity contribution < 1.29 is 4.79 Å². The highest BCUT2D eigenvalue weighted by molar-refractivity contribution is 5.78. The Kier molecular flexibility index (Phi) is 6.56. The highest BCUT2D eigenvalue weighted by atomic mass is 16.2. The third-order valence-corrected chi connectivity index (χ3v) is 3.82. The lowest BCUT2D eigenvalue weighted by atomic mass is 9.97. The molecule has 0 aromatic rings. The SMILES string of the molecule is CC(C)N(C)C(=O)CNC1CCCCCCC1. The van der Waals surface area contributed by atoms with Gasteiger partial charge in [-0.15, -0.1) is 0 Å². The average molecular weight is 240 g/mol. The van der Waals surface area contributed by atoms with E-state index in [4.69, 9.17) is 0 Å². The molecule has 1 rings (SSSR count). The smallest absolute Gasteiger partial charge is 0.236 e. The summed E-state index contributed by atoms with van der Waals surface area (Å²) in [5.41, 5.74) is 0. The van der Waals surface area contributed by atoms with Crippen molar-refractivity contribution >= 4 is 5.91 Å². The van der Waals surface area contributed by atoms with Gasteiger partial charge < -0.3 is 10.2 Å². The third-order valence-electron chi connectivity index (χ3n) is 3.82. The molecule has 1 aliphatic rings. The molecular weight excluding hydrogens is 212 g/mol. The first-order valence-corrected chi connectivity index (χ1v) is 7.10. The van der Waals surface area contributed by atoms with E-state index in [2.05, 4.69) is 5.32 Å². The number of hydrogen-bond acceptors (Lipinski definition) is 2. The van der Waals surface area contributed by atoms with Gasteiger partial charge in [0.15, 0.2) is 0 Å². The number of likely N-dealkylation sites (N-methyl/N-ethyl adjacent to an activating group) is 1. The van der Waals surface area contributed by atoms with E-state index in [1.165, 1.54) is 44.9 Å². The van der Waals surface area contributed by atoms with Crippen LogP contribution in [0.3, 0.4) is 0 Å². The average Bonchev–Trinajstić information content (AvgIpc) is 2.26. The molecule has 0 heterocycles. The maximum Gasteiger partial charge on any atom is 0.236 e. The Balaban J connectivity index is 2.25. The van der Waals surface area contributed by atoms with E-state index in [0.717, 1.165) is 0 Å². The van der Waals surface area contributed by atoms with E-state index in [1.807, 2.05) is 25.8 Å².